The first kappa shape index (κ1) is 11.8. The van der Waals surface area contributed by atoms with Crippen LogP contribution < -0.4 is 10.2 Å². The van der Waals surface area contributed by atoms with Gasteiger partial charge in [0.05, 0.1) is 23.6 Å². The third kappa shape index (κ3) is 2.04. The fourth-order valence-electron chi connectivity index (χ4n) is 2.72. The summed E-state index contributed by atoms with van der Waals surface area (Å²) in [6.45, 7) is 2.97. The van der Waals surface area contributed by atoms with Crippen molar-refractivity contribution in [3.05, 3.63) is 47.7 Å². The van der Waals surface area contributed by atoms with Crippen molar-refractivity contribution in [2.24, 2.45) is 0 Å². The van der Waals surface area contributed by atoms with E-state index in [4.69, 9.17) is 0 Å². The first-order chi connectivity index (χ1) is 9.90. The zero-order valence-corrected chi connectivity index (χ0v) is 11.9. The second-order valence-electron chi connectivity index (χ2n) is 5.04. The molecule has 0 atom stereocenters. The van der Waals surface area contributed by atoms with E-state index in [1.807, 2.05) is 0 Å². The Morgan fingerprint density at radius 2 is 2.25 bits per heavy atom. The Morgan fingerprint density at radius 3 is 3.20 bits per heavy atom. The number of nitrogens with one attached hydrogen (secondary N) is 1. The predicted molar refractivity (Wildman–Crippen MR) is 83.7 cm³/mol. The van der Waals surface area contributed by atoms with E-state index in [0.717, 1.165) is 36.7 Å². The smallest absolute Gasteiger partial charge is 0.193 e. The number of aromatic nitrogens is 2. The average molecular weight is 284 g/mol. The van der Waals surface area contributed by atoms with Crippen LogP contribution in [-0.4, -0.2) is 22.5 Å². The Morgan fingerprint density at radius 1 is 1.30 bits per heavy atom. The molecular formula is C15H16N4S. The van der Waals surface area contributed by atoms with Gasteiger partial charge in [-0.05, 0) is 18.6 Å². The standard InChI is InChI=1S/C15H16N4S/c1-2-5-14-13(4-1)16-6-3-7-18(14)10-12-11-19-8-9-20-15(19)17-12/h1-2,4-5,8-9,11,16H,3,6-7,10H2. The predicted octanol–water partition coefficient (Wildman–Crippen LogP) is 3.22. The van der Waals surface area contributed by atoms with Gasteiger partial charge in [0.25, 0.3) is 0 Å². The van der Waals surface area contributed by atoms with Gasteiger partial charge in [0, 0.05) is 30.9 Å². The number of imidazole rings is 1. The van der Waals surface area contributed by atoms with E-state index in [9.17, 15) is 0 Å². The van der Waals surface area contributed by atoms with Crippen LogP contribution in [0.25, 0.3) is 4.96 Å². The van der Waals surface area contributed by atoms with E-state index in [2.05, 4.69) is 61.6 Å². The molecular weight excluding hydrogens is 268 g/mol. The van der Waals surface area contributed by atoms with Gasteiger partial charge in [-0.15, -0.1) is 11.3 Å². The minimum absolute atomic E-state index is 0.868. The topological polar surface area (TPSA) is 32.6 Å². The van der Waals surface area contributed by atoms with Crippen molar-refractivity contribution >= 4 is 27.7 Å². The van der Waals surface area contributed by atoms with Crippen molar-refractivity contribution in [2.45, 2.75) is 13.0 Å². The molecule has 1 aliphatic rings. The minimum Gasteiger partial charge on any atom is -0.383 e. The largest absolute Gasteiger partial charge is 0.383 e. The summed E-state index contributed by atoms with van der Waals surface area (Å²) >= 11 is 1.68. The van der Waals surface area contributed by atoms with E-state index >= 15 is 0 Å². The van der Waals surface area contributed by atoms with Gasteiger partial charge in [-0.1, -0.05) is 12.1 Å². The van der Waals surface area contributed by atoms with Gasteiger partial charge in [0.2, 0.25) is 0 Å². The molecule has 3 heterocycles. The molecule has 5 heteroatoms. The molecule has 4 nitrogen and oxygen atoms in total. The maximum Gasteiger partial charge on any atom is 0.193 e. The van der Waals surface area contributed by atoms with Gasteiger partial charge < -0.3 is 10.2 Å². The fourth-order valence-corrected chi connectivity index (χ4v) is 3.44. The summed E-state index contributed by atoms with van der Waals surface area (Å²) in [5.74, 6) is 0. The zero-order valence-electron chi connectivity index (χ0n) is 11.1. The van der Waals surface area contributed by atoms with Gasteiger partial charge in [0.15, 0.2) is 4.96 Å². The minimum atomic E-state index is 0.868. The summed E-state index contributed by atoms with van der Waals surface area (Å²) in [5.41, 5.74) is 3.64. The summed E-state index contributed by atoms with van der Waals surface area (Å²) in [6, 6.07) is 8.53. The summed E-state index contributed by atoms with van der Waals surface area (Å²) in [4.78, 5) is 8.18. The fraction of sp³-hybridized carbons (Fsp3) is 0.267. The van der Waals surface area contributed by atoms with Crippen LogP contribution >= 0.6 is 11.3 Å². The van der Waals surface area contributed by atoms with Crippen LogP contribution in [0.3, 0.4) is 0 Å². The third-order valence-electron chi connectivity index (χ3n) is 3.66. The SMILES string of the molecule is c1ccc2c(c1)NCCCN2Cc1cn2ccsc2n1. The molecule has 0 unspecified atom stereocenters. The number of rotatable bonds is 2. The Hall–Kier alpha value is -2.01. The summed E-state index contributed by atoms with van der Waals surface area (Å²) in [5, 5.41) is 5.56. The van der Waals surface area contributed by atoms with Crippen molar-refractivity contribution in [3.63, 3.8) is 0 Å². The summed E-state index contributed by atoms with van der Waals surface area (Å²) < 4.78 is 2.10. The van der Waals surface area contributed by atoms with Crippen LogP contribution in [0.15, 0.2) is 42.0 Å². The van der Waals surface area contributed by atoms with E-state index in [1.54, 1.807) is 11.3 Å². The molecule has 0 spiro atoms. The zero-order chi connectivity index (χ0) is 13.4. The maximum atomic E-state index is 4.69. The lowest BCUT2D eigenvalue weighted by molar-refractivity contribution is 0.755. The highest BCUT2D eigenvalue weighted by molar-refractivity contribution is 7.15. The Bertz CT molecular complexity index is 702. The Balaban J connectivity index is 1.66. The molecule has 102 valence electrons. The second kappa shape index (κ2) is 4.83. The molecule has 0 saturated heterocycles. The van der Waals surface area contributed by atoms with Crippen molar-refractivity contribution < 1.29 is 0 Å². The summed E-state index contributed by atoms with van der Waals surface area (Å²) in [7, 11) is 0. The van der Waals surface area contributed by atoms with Crippen LogP contribution in [0.4, 0.5) is 11.4 Å². The number of thiazole rings is 1. The van der Waals surface area contributed by atoms with Gasteiger partial charge in [-0.3, -0.25) is 4.40 Å². The number of hydrogen-bond donors (Lipinski definition) is 1. The van der Waals surface area contributed by atoms with Gasteiger partial charge in [-0.25, -0.2) is 4.98 Å². The van der Waals surface area contributed by atoms with Gasteiger partial charge in [0.1, 0.15) is 0 Å². The molecule has 0 saturated carbocycles. The van der Waals surface area contributed by atoms with E-state index < -0.39 is 0 Å². The number of fused-ring (bicyclic) bond motifs is 2. The maximum absolute atomic E-state index is 4.69. The lowest BCUT2D eigenvalue weighted by atomic mass is 10.2. The Kier molecular flexibility index (Phi) is 2.85. The molecule has 0 fully saturated rings. The van der Waals surface area contributed by atoms with Crippen molar-refractivity contribution in [3.8, 4) is 0 Å². The van der Waals surface area contributed by atoms with Crippen LogP contribution in [0.1, 0.15) is 12.1 Å². The molecule has 2 aromatic heterocycles. The first-order valence-electron chi connectivity index (χ1n) is 6.89. The molecule has 0 radical (unpaired) electrons. The molecule has 0 bridgehead atoms. The molecule has 4 rings (SSSR count). The Labute approximate surface area is 121 Å². The lowest BCUT2D eigenvalue weighted by Gasteiger charge is -2.23. The monoisotopic (exact) mass is 284 g/mol. The molecule has 3 aromatic rings. The number of para-hydroxylation sites is 2. The number of benzene rings is 1. The van der Waals surface area contributed by atoms with E-state index in [0.29, 0.717) is 0 Å². The highest BCUT2D eigenvalue weighted by atomic mass is 32.1. The van der Waals surface area contributed by atoms with Crippen LogP contribution in [-0.2, 0) is 6.54 Å². The van der Waals surface area contributed by atoms with Gasteiger partial charge >= 0.3 is 0 Å². The molecule has 0 amide bonds. The van der Waals surface area contributed by atoms with Crippen molar-refractivity contribution in [1.82, 2.24) is 9.38 Å². The number of anilines is 2. The van der Waals surface area contributed by atoms with Crippen molar-refractivity contribution in [1.29, 1.82) is 0 Å². The van der Waals surface area contributed by atoms with Crippen LogP contribution in [0, 0.1) is 0 Å². The van der Waals surface area contributed by atoms with Crippen LogP contribution in [0.5, 0.6) is 0 Å². The normalized spacial score (nSPS) is 14.9. The molecule has 1 N–H and O–H groups in total. The highest BCUT2D eigenvalue weighted by Crippen LogP contribution is 2.29. The molecule has 1 aliphatic heterocycles. The van der Waals surface area contributed by atoms with E-state index in [-0.39, 0.29) is 0 Å². The first-order valence-corrected chi connectivity index (χ1v) is 7.77. The van der Waals surface area contributed by atoms with E-state index in [1.165, 1.54) is 11.4 Å². The molecule has 1 aromatic carbocycles. The summed E-state index contributed by atoms with van der Waals surface area (Å²) in [6.07, 6.45) is 5.35. The highest BCUT2D eigenvalue weighted by Gasteiger charge is 2.16. The van der Waals surface area contributed by atoms with Crippen LogP contribution in [0.2, 0.25) is 0 Å². The number of nitrogens with zero attached hydrogens (tertiary/aromatic N) is 3. The molecule has 20 heavy (non-hydrogen) atoms. The van der Waals surface area contributed by atoms with Crippen molar-refractivity contribution in [2.75, 3.05) is 23.3 Å². The third-order valence-corrected chi connectivity index (χ3v) is 4.43. The van der Waals surface area contributed by atoms with Gasteiger partial charge in [-0.2, -0.15) is 0 Å². The molecule has 0 aliphatic carbocycles. The second-order valence-corrected chi connectivity index (χ2v) is 5.92. The average Bonchev–Trinajstić information content (AvgIpc) is 2.97. The quantitative estimate of drug-likeness (QED) is 0.784. The number of hydrogen-bond acceptors (Lipinski definition) is 4. The lowest BCUT2D eigenvalue weighted by Crippen LogP contribution is -2.23.